The van der Waals surface area contributed by atoms with Crippen LogP contribution < -0.4 is 0 Å². The van der Waals surface area contributed by atoms with Gasteiger partial charge in [0, 0.05) is 17.1 Å². The van der Waals surface area contributed by atoms with Gasteiger partial charge in [0.25, 0.3) is 0 Å². The number of halogens is 2. The summed E-state index contributed by atoms with van der Waals surface area (Å²) in [6.45, 7) is 4.38. The van der Waals surface area contributed by atoms with Gasteiger partial charge in [-0.1, -0.05) is 22.9 Å². The summed E-state index contributed by atoms with van der Waals surface area (Å²) in [7, 11) is -3.75. The number of piperidine rings is 1. The van der Waals surface area contributed by atoms with Crippen molar-refractivity contribution in [2.45, 2.75) is 37.6 Å². The predicted octanol–water partition coefficient (Wildman–Crippen LogP) is 3.40. The molecule has 2 rings (SSSR count). The van der Waals surface area contributed by atoms with Crippen LogP contribution in [0.3, 0.4) is 0 Å². The highest BCUT2D eigenvalue weighted by molar-refractivity contribution is 9.10. The summed E-state index contributed by atoms with van der Waals surface area (Å²) >= 11 is 3.13. The summed E-state index contributed by atoms with van der Waals surface area (Å²) in [5.41, 5.74) is 0. The second kappa shape index (κ2) is 5.50. The molecule has 0 radical (unpaired) electrons. The van der Waals surface area contributed by atoms with Crippen molar-refractivity contribution in [2.24, 2.45) is 5.92 Å². The zero-order valence-electron chi connectivity index (χ0n) is 10.9. The number of benzene rings is 1. The molecular formula is C13H17BrFNO2S. The van der Waals surface area contributed by atoms with Gasteiger partial charge >= 0.3 is 0 Å². The molecule has 1 aromatic rings. The van der Waals surface area contributed by atoms with Crippen LogP contribution in [-0.2, 0) is 10.0 Å². The highest BCUT2D eigenvalue weighted by Gasteiger charge is 2.35. The van der Waals surface area contributed by atoms with Crippen LogP contribution in [0.15, 0.2) is 27.6 Å². The summed E-state index contributed by atoms with van der Waals surface area (Å²) in [6, 6.07) is 3.96. The first kappa shape index (κ1) is 14.9. The van der Waals surface area contributed by atoms with E-state index in [-0.39, 0.29) is 10.9 Å². The Balaban J connectivity index is 2.41. The highest BCUT2D eigenvalue weighted by atomic mass is 79.9. The summed E-state index contributed by atoms with van der Waals surface area (Å²) in [5, 5.41) is 0. The molecule has 3 nitrogen and oxygen atoms in total. The highest BCUT2D eigenvalue weighted by Crippen LogP contribution is 2.30. The fourth-order valence-electron chi connectivity index (χ4n) is 2.45. The number of hydrogen-bond acceptors (Lipinski definition) is 2. The zero-order chi connectivity index (χ0) is 14.2. The lowest BCUT2D eigenvalue weighted by Crippen LogP contribution is -2.46. The van der Waals surface area contributed by atoms with Crippen molar-refractivity contribution in [3.63, 3.8) is 0 Å². The zero-order valence-corrected chi connectivity index (χ0v) is 13.3. The molecule has 1 heterocycles. The standard InChI is InChI=1S/C13H17BrFNO2S/c1-9-4-3-7-16(10(9)2)19(17,18)13-6-5-11(14)8-12(13)15/h5-6,8-10H,3-4,7H2,1-2H3. The van der Waals surface area contributed by atoms with Crippen molar-refractivity contribution in [3.05, 3.63) is 28.5 Å². The van der Waals surface area contributed by atoms with Crippen molar-refractivity contribution in [1.29, 1.82) is 0 Å². The molecule has 0 spiro atoms. The minimum atomic E-state index is -3.75. The number of nitrogens with zero attached hydrogens (tertiary/aromatic N) is 1. The summed E-state index contributed by atoms with van der Waals surface area (Å²) in [5.74, 6) is -0.415. The molecule has 0 aromatic heterocycles. The van der Waals surface area contributed by atoms with Gasteiger partial charge in [0.05, 0.1) is 0 Å². The minimum Gasteiger partial charge on any atom is -0.207 e. The van der Waals surface area contributed by atoms with Crippen LogP contribution in [0.5, 0.6) is 0 Å². The van der Waals surface area contributed by atoms with Crippen molar-refractivity contribution in [2.75, 3.05) is 6.54 Å². The summed E-state index contributed by atoms with van der Waals surface area (Å²) in [6.07, 6.45) is 1.83. The van der Waals surface area contributed by atoms with Gasteiger partial charge in [-0.15, -0.1) is 0 Å². The molecule has 1 fully saturated rings. The molecule has 0 amide bonds. The Kier molecular flexibility index (Phi) is 4.32. The Morgan fingerprint density at radius 1 is 1.37 bits per heavy atom. The molecule has 0 N–H and O–H groups in total. The van der Waals surface area contributed by atoms with Gasteiger partial charge in [-0.2, -0.15) is 4.31 Å². The molecule has 1 aromatic carbocycles. The lowest BCUT2D eigenvalue weighted by molar-refractivity contribution is 0.202. The first-order chi connectivity index (χ1) is 8.84. The Morgan fingerprint density at radius 3 is 2.68 bits per heavy atom. The second-order valence-electron chi connectivity index (χ2n) is 5.05. The van der Waals surface area contributed by atoms with Crippen LogP contribution in [-0.4, -0.2) is 25.3 Å². The third-order valence-corrected chi connectivity index (χ3v) is 6.31. The monoisotopic (exact) mass is 349 g/mol. The molecule has 1 saturated heterocycles. The van der Waals surface area contributed by atoms with Crippen LogP contribution in [0.25, 0.3) is 0 Å². The average Bonchev–Trinajstić information content (AvgIpc) is 2.31. The third kappa shape index (κ3) is 2.85. The normalized spacial score (nSPS) is 25.5. The van der Waals surface area contributed by atoms with Gasteiger partial charge in [0.1, 0.15) is 10.7 Å². The molecule has 6 heteroatoms. The van der Waals surface area contributed by atoms with Crippen molar-refractivity contribution in [1.82, 2.24) is 4.31 Å². The van der Waals surface area contributed by atoms with Crippen LogP contribution in [0.2, 0.25) is 0 Å². The largest absolute Gasteiger partial charge is 0.246 e. The van der Waals surface area contributed by atoms with E-state index < -0.39 is 15.8 Å². The molecular weight excluding hydrogens is 333 g/mol. The maximum Gasteiger partial charge on any atom is 0.246 e. The van der Waals surface area contributed by atoms with Gasteiger partial charge in [-0.3, -0.25) is 0 Å². The third-order valence-electron chi connectivity index (χ3n) is 3.80. The van der Waals surface area contributed by atoms with E-state index >= 15 is 0 Å². The fourth-order valence-corrected chi connectivity index (χ4v) is 4.59. The molecule has 2 atom stereocenters. The summed E-state index contributed by atoms with van der Waals surface area (Å²) < 4.78 is 40.9. The van der Waals surface area contributed by atoms with Crippen LogP contribution in [0.4, 0.5) is 4.39 Å². The molecule has 0 aliphatic carbocycles. The lowest BCUT2D eigenvalue weighted by Gasteiger charge is -2.36. The van der Waals surface area contributed by atoms with Crippen molar-refractivity contribution < 1.29 is 12.8 Å². The molecule has 106 valence electrons. The van der Waals surface area contributed by atoms with E-state index in [9.17, 15) is 12.8 Å². The number of sulfonamides is 1. The van der Waals surface area contributed by atoms with Gasteiger partial charge in [-0.05, 0) is 43.9 Å². The predicted molar refractivity (Wildman–Crippen MR) is 75.9 cm³/mol. The van der Waals surface area contributed by atoms with Crippen molar-refractivity contribution >= 4 is 26.0 Å². The molecule has 0 bridgehead atoms. The van der Waals surface area contributed by atoms with Gasteiger partial charge in [0.2, 0.25) is 10.0 Å². The maximum atomic E-state index is 13.9. The second-order valence-corrected chi connectivity index (χ2v) is 7.83. The summed E-state index contributed by atoms with van der Waals surface area (Å²) in [4.78, 5) is -0.239. The van der Waals surface area contributed by atoms with Crippen LogP contribution in [0, 0.1) is 11.7 Å². The SMILES string of the molecule is CC1CCCN(S(=O)(=O)c2ccc(Br)cc2F)C1C. The van der Waals surface area contributed by atoms with E-state index in [0.29, 0.717) is 16.9 Å². The maximum absolute atomic E-state index is 13.9. The van der Waals surface area contributed by atoms with E-state index in [1.54, 1.807) is 6.07 Å². The Hall–Kier alpha value is -0.460. The number of rotatable bonds is 2. The van der Waals surface area contributed by atoms with E-state index in [0.717, 1.165) is 12.8 Å². The Morgan fingerprint density at radius 2 is 2.05 bits per heavy atom. The molecule has 1 aliphatic rings. The van der Waals surface area contributed by atoms with E-state index in [4.69, 9.17) is 0 Å². The smallest absolute Gasteiger partial charge is 0.207 e. The lowest BCUT2D eigenvalue weighted by atomic mass is 9.94. The molecule has 2 unspecified atom stereocenters. The van der Waals surface area contributed by atoms with E-state index in [1.165, 1.54) is 16.4 Å². The quantitative estimate of drug-likeness (QED) is 0.820. The van der Waals surface area contributed by atoms with Crippen molar-refractivity contribution in [3.8, 4) is 0 Å². The molecule has 0 saturated carbocycles. The van der Waals surface area contributed by atoms with Gasteiger partial charge in [0.15, 0.2) is 0 Å². The molecule has 1 aliphatic heterocycles. The number of hydrogen-bond donors (Lipinski definition) is 0. The first-order valence-electron chi connectivity index (χ1n) is 6.31. The molecule has 19 heavy (non-hydrogen) atoms. The van der Waals surface area contributed by atoms with Crippen LogP contribution >= 0.6 is 15.9 Å². The fraction of sp³-hybridized carbons (Fsp3) is 0.538. The minimum absolute atomic E-state index is 0.0956. The topological polar surface area (TPSA) is 37.4 Å². The Bertz CT molecular complexity index is 576. The average molecular weight is 350 g/mol. The van der Waals surface area contributed by atoms with Gasteiger partial charge < -0.3 is 0 Å². The van der Waals surface area contributed by atoms with E-state index in [1.807, 2.05) is 13.8 Å². The Labute approximate surface area is 122 Å². The van der Waals surface area contributed by atoms with E-state index in [2.05, 4.69) is 15.9 Å². The van der Waals surface area contributed by atoms with Gasteiger partial charge in [-0.25, -0.2) is 12.8 Å². The first-order valence-corrected chi connectivity index (χ1v) is 8.54. The van der Waals surface area contributed by atoms with Crippen LogP contribution in [0.1, 0.15) is 26.7 Å².